The summed E-state index contributed by atoms with van der Waals surface area (Å²) in [7, 11) is -9.73. The predicted molar refractivity (Wildman–Crippen MR) is 236 cm³/mol. The molecule has 5 N–H and O–H groups in total. The molecule has 0 aliphatic carbocycles. The Hall–Kier alpha value is -2.48. The minimum absolute atomic E-state index is 0.00994. The fraction of sp³-hybridized carbons (Fsp3) is 0.682. The zero-order chi connectivity index (χ0) is 44.6. The van der Waals surface area contributed by atoms with E-state index in [1.165, 1.54) is 38.5 Å². The van der Waals surface area contributed by atoms with Crippen LogP contribution in [0.1, 0.15) is 149 Å². The van der Waals surface area contributed by atoms with Gasteiger partial charge in [-0.2, -0.15) is 0 Å². The van der Waals surface area contributed by atoms with Gasteiger partial charge >= 0.3 is 27.6 Å². The van der Waals surface area contributed by atoms with Gasteiger partial charge in [-0.3, -0.25) is 23.2 Å². The molecule has 0 aliphatic heterocycles. The number of carbonyl (C=O) groups is 2. The normalized spacial score (nSPS) is 15.2. The van der Waals surface area contributed by atoms with Crippen molar-refractivity contribution in [3.8, 4) is 0 Å². The molecular weight excluding hydrogens is 814 g/mol. The van der Waals surface area contributed by atoms with E-state index in [0.717, 1.165) is 57.8 Å². The third-order valence-electron chi connectivity index (χ3n) is 8.64. The van der Waals surface area contributed by atoms with Crippen LogP contribution in [0.3, 0.4) is 0 Å². The van der Waals surface area contributed by atoms with Crippen LogP contribution in [0, 0.1) is 0 Å². The molecule has 0 heterocycles. The molecule has 0 radical (unpaired) electrons. The highest BCUT2D eigenvalue weighted by molar-refractivity contribution is 7.47. The summed E-state index contributed by atoms with van der Waals surface area (Å²) in [6.45, 7) is 1.51. The number of phosphoric acid groups is 2. The molecule has 16 heteroatoms. The monoisotopic (exact) mass is 890 g/mol. The third kappa shape index (κ3) is 42.2. The van der Waals surface area contributed by atoms with Crippen molar-refractivity contribution >= 4 is 27.6 Å². The highest BCUT2D eigenvalue weighted by Gasteiger charge is 2.28. The van der Waals surface area contributed by atoms with E-state index in [-0.39, 0.29) is 12.8 Å². The molecule has 0 saturated heterocycles. The Morgan fingerprint density at radius 3 is 1.68 bits per heavy atom. The van der Waals surface area contributed by atoms with E-state index >= 15 is 0 Å². The number of carbonyl (C=O) groups excluding carboxylic acids is 2. The number of esters is 2. The Morgan fingerprint density at radius 2 is 1.07 bits per heavy atom. The van der Waals surface area contributed by atoms with Crippen LogP contribution in [-0.4, -0.2) is 81.6 Å². The van der Waals surface area contributed by atoms with Gasteiger partial charge in [-0.1, -0.05) is 132 Å². The first-order valence-corrected chi connectivity index (χ1v) is 24.8. The van der Waals surface area contributed by atoms with E-state index < -0.39 is 72.3 Å². The van der Waals surface area contributed by atoms with E-state index in [0.29, 0.717) is 25.7 Å². The van der Waals surface area contributed by atoms with Crippen molar-refractivity contribution in [2.24, 2.45) is 0 Å². The molecule has 0 aromatic heterocycles. The largest absolute Gasteiger partial charge is 0.472 e. The number of aliphatic hydroxyl groups is 2. The zero-order valence-electron chi connectivity index (χ0n) is 36.1. The Kier molecular flexibility index (Phi) is 37.7. The van der Waals surface area contributed by atoms with Crippen LogP contribution >= 0.6 is 15.6 Å². The van der Waals surface area contributed by atoms with Gasteiger partial charge in [0.15, 0.2) is 6.10 Å². The number of hydrogen-bond donors (Lipinski definition) is 5. The van der Waals surface area contributed by atoms with Crippen LogP contribution in [0.15, 0.2) is 72.9 Å². The fourth-order valence-corrected chi connectivity index (χ4v) is 6.43. The van der Waals surface area contributed by atoms with Gasteiger partial charge in [0.25, 0.3) is 0 Å². The summed E-state index contributed by atoms with van der Waals surface area (Å²) in [4.78, 5) is 52.6. The van der Waals surface area contributed by atoms with Gasteiger partial charge in [-0.05, 0) is 77.0 Å². The van der Waals surface area contributed by atoms with Crippen LogP contribution in [0.25, 0.3) is 0 Å². The number of ether oxygens (including phenoxy) is 2. The molecule has 346 valence electrons. The lowest BCUT2D eigenvalue weighted by atomic mass is 10.1. The van der Waals surface area contributed by atoms with E-state index in [2.05, 4.69) is 59.4 Å². The summed E-state index contributed by atoms with van der Waals surface area (Å²) in [6.07, 6.45) is 39.2. The number of aliphatic hydroxyl groups excluding tert-OH is 2. The maximum atomic E-state index is 12.6. The summed E-state index contributed by atoms with van der Waals surface area (Å²) >= 11 is 0. The SMILES string of the molecule is CCCCC/C=C\C/C=C\CCCCCCCC(=O)OC[C@H](COP(=O)(O)OC[C@@H](O)COP(=O)(O)O)OC(=O)CCC/C=C/C=C\C(O)C/C=C\C/C=C\CCCCC. The summed E-state index contributed by atoms with van der Waals surface area (Å²) in [5, 5.41) is 19.9. The molecule has 0 bridgehead atoms. The van der Waals surface area contributed by atoms with E-state index in [4.69, 9.17) is 23.8 Å². The number of phosphoric ester groups is 2. The van der Waals surface area contributed by atoms with Crippen molar-refractivity contribution in [3.63, 3.8) is 0 Å². The number of unbranched alkanes of at least 4 members (excludes halogenated alkanes) is 12. The second-order valence-corrected chi connectivity index (χ2v) is 17.2. The van der Waals surface area contributed by atoms with Gasteiger partial charge in [-0.15, -0.1) is 0 Å². The molecule has 0 fully saturated rings. The lowest BCUT2D eigenvalue weighted by Gasteiger charge is -2.20. The highest BCUT2D eigenvalue weighted by Crippen LogP contribution is 2.43. The van der Waals surface area contributed by atoms with Gasteiger partial charge in [-0.25, -0.2) is 9.13 Å². The van der Waals surface area contributed by atoms with Gasteiger partial charge in [0, 0.05) is 12.8 Å². The van der Waals surface area contributed by atoms with Crippen molar-refractivity contribution < 1.29 is 66.7 Å². The number of allylic oxidation sites excluding steroid dienone is 10. The number of hydrogen-bond acceptors (Lipinski definition) is 11. The van der Waals surface area contributed by atoms with Gasteiger partial charge in [0.1, 0.15) is 12.7 Å². The minimum Gasteiger partial charge on any atom is -0.462 e. The smallest absolute Gasteiger partial charge is 0.462 e. The van der Waals surface area contributed by atoms with E-state index in [9.17, 15) is 33.8 Å². The Balaban J connectivity index is 4.74. The van der Waals surface area contributed by atoms with Crippen molar-refractivity contribution in [1.29, 1.82) is 0 Å². The summed E-state index contributed by atoms with van der Waals surface area (Å²) in [5.41, 5.74) is 0. The molecule has 0 aromatic rings. The average Bonchev–Trinajstić information content (AvgIpc) is 3.20. The van der Waals surface area contributed by atoms with E-state index in [1.807, 2.05) is 18.2 Å². The first kappa shape index (κ1) is 57.5. The van der Waals surface area contributed by atoms with E-state index in [1.54, 1.807) is 18.2 Å². The molecule has 60 heavy (non-hydrogen) atoms. The third-order valence-corrected chi connectivity index (χ3v) is 10.1. The molecule has 0 rings (SSSR count). The lowest BCUT2D eigenvalue weighted by molar-refractivity contribution is -0.161. The summed E-state index contributed by atoms with van der Waals surface area (Å²) in [5.74, 6) is -1.18. The van der Waals surface area contributed by atoms with Crippen molar-refractivity contribution in [3.05, 3.63) is 72.9 Å². The van der Waals surface area contributed by atoms with Crippen LogP contribution < -0.4 is 0 Å². The van der Waals surface area contributed by atoms with Crippen LogP contribution in [-0.2, 0) is 41.8 Å². The topological polar surface area (TPSA) is 216 Å². The van der Waals surface area contributed by atoms with Crippen LogP contribution in [0.2, 0.25) is 0 Å². The Bertz CT molecular complexity index is 1350. The minimum atomic E-state index is -4.88. The van der Waals surface area contributed by atoms with Crippen LogP contribution in [0.4, 0.5) is 0 Å². The fourth-order valence-electron chi connectivity index (χ4n) is 5.27. The molecule has 4 atom stereocenters. The predicted octanol–water partition coefficient (Wildman–Crippen LogP) is 9.98. The first-order valence-electron chi connectivity index (χ1n) is 21.7. The summed E-state index contributed by atoms with van der Waals surface area (Å²) in [6, 6.07) is 0. The van der Waals surface area contributed by atoms with Crippen molar-refractivity contribution in [2.75, 3.05) is 26.4 Å². The highest BCUT2D eigenvalue weighted by atomic mass is 31.2. The molecule has 0 spiro atoms. The molecule has 14 nitrogen and oxygen atoms in total. The zero-order valence-corrected chi connectivity index (χ0v) is 37.9. The second kappa shape index (κ2) is 39.4. The molecule has 0 aliphatic rings. The molecular formula is C44H76O14P2. The maximum absolute atomic E-state index is 12.6. The van der Waals surface area contributed by atoms with Gasteiger partial charge in [0.05, 0.1) is 25.9 Å². The first-order chi connectivity index (χ1) is 28.8. The molecule has 0 saturated carbocycles. The molecule has 0 aromatic carbocycles. The standard InChI is InChI=1S/C44H76O14P2/c1-3-5-7-9-11-13-14-15-16-17-18-20-22-26-30-34-43(47)54-38-42(39-57-60(52,53)56-37-41(46)36-55-59(49,50)51)58-44(48)35-31-27-23-25-29-33-40(45)32-28-24-21-19-12-10-8-6-4-2/h11-13,15-16,19,23-25,28-29,33,40-42,45-46H,3-10,14,17-18,20-22,26-27,30-32,34-39H2,1-2H3,(H,52,53)(H2,49,50,51)/b13-11-,16-15-,19-12-,25-23+,28-24-,33-29-/t40?,41-,42+/m0/s1. The number of rotatable bonds is 40. The lowest BCUT2D eigenvalue weighted by Crippen LogP contribution is -2.29. The summed E-state index contributed by atoms with van der Waals surface area (Å²) < 4.78 is 47.6. The molecule has 0 amide bonds. The van der Waals surface area contributed by atoms with Crippen molar-refractivity contribution in [2.45, 2.75) is 167 Å². The average molecular weight is 891 g/mol. The quantitative estimate of drug-likeness (QED) is 0.0127. The van der Waals surface area contributed by atoms with Gasteiger partial charge in [0.2, 0.25) is 0 Å². The maximum Gasteiger partial charge on any atom is 0.472 e. The second-order valence-electron chi connectivity index (χ2n) is 14.5. The molecule has 2 unspecified atom stereocenters. The Morgan fingerprint density at radius 1 is 0.550 bits per heavy atom. The van der Waals surface area contributed by atoms with Crippen molar-refractivity contribution in [1.82, 2.24) is 0 Å². The Labute approximate surface area is 359 Å². The van der Waals surface area contributed by atoms with Gasteiger partial charge < -0.3 is 34.4 Å². The van der Waals surface area contributed by atoms with Crippen LogP contribution in [0.5, 0.6) is 0 Å².